The lowest BCUT2D eigenvalue weighted by Crippen LogP contribution is -2.50. The largest absolute Gasteiger partial charge is 0.396 e. The van der Waals surface area contributed by atoms with Gasteiger partial charge < -0.3 is 10.8 Å². The highest BCUT2D eigenvalue weighted by molar-refractivity contribution is 5.90. The molecule has 0 heterocycles. The van der Waals surface area contributed by atoms with Crippen molar-refractivity contribution >= 4 is 16.7 Å². The molecule has 2 unspecified atom stereocenters. The molecule has 0 spiro atoms. The summed E-state index contributed by atoms with van der Waals surface area (Å²) < 4.78 is 0. The molecule has 0 bridgehead atoms. The molecular formula is C18H21NO2. The van der Waals surface area contributed by atoms with E-state index in [0.29, 0.717) is 0 Å². The Labute approximate surface area is 124 Å². The lowest BCUT2D eigenvalue weighted by molar-refractivity contribution is -0.128. The molecule has 2 aromatic rings. The average molecular weight is 283 g/mol. The molecule has 0 saturated heterocycles. The van der Waals surface area contributed by atoms with Crippen molar-refractivity contribution in [3.05, 3.63) is 48.0 Å². The van der Waals surface area contributed by atoms with E-state index in [0.717, 1.165) is 42.0 Å². The molecule has 21 heavy (non-hydrogen) atoms. The van der Waals surface area contributed by atoms with Gasteiger partial charge in [-0.05, 0) is 29.2 Å². The van der Waals surface area contributed by atoms with Gasteiger partial charge in [0.1, 0.15) is 0 Å². The van der Waals surface area contributed by atoms with E-state index in [1.165, 1.54) is 0 Å². The first kappa shape index (κ1) is 14.1. The Kier molecular flexibility index (Phi) is 3.68. The summed E-state index contributed by atoms with van der Waals surface area (Å²) in [5.74, 6) is -0.388. The fourth-order valence-corrected chi connectivity index (χ4v) is 3.81. The number of fused-ring (bicyclic) bond motifs is 1. The van der Waals surface area contributed by atoms with Gasteiger partial charge in [0.05, 0.1) is 5.41 Å². The number of nitrogens with two attached hydrogens (primary N) is 1. The number of amides is 1. The highest BCUT2D eigenvalue weighted by atomic mass is 16.3. The summed E-state index contributed by atoms with van der Waals surface area (Å²) >= 11 is 0. The van der Waals surface area contributed by atoms with Gasteiger partial charge in [-0.25, -0.2) is 0 Å². The van der Waals surface area contributed by atoms with Crippen LogP contribution in [0.5, 0.6) is 0 Å². The van der Waals surface area contributed by atoms with E-state index in [4.69, 9.17) is 5.73 Å². The minimum absolute atomic E-state index is 0.00969. The lowest BCUT2D eigenvalue weighted by atomic mass is 9.62. The standard InChI is InChI=1S/C18H21NO2/c19-17(21)18(10-4-3-7-16(18)12-20)15-9-8-13-5-1-2-6-14(13)11-15/h1-2,5-6,8-9,11,16,20H,3-4,7,10,12H2,(H2,19,21). The predicted molar refractivity (Wildman–Crippen MR) is 83.9 cm³/mol. The van der Waals surface area contributed by atoms with Crippen molar-refractivity contribution in [2.24, 2.45) is 11.7 Å². The molecule has 3 rings (SSSR count). The predicted octanol–water partition coefficient (Wildman–Crippen LogP) is 2.75. The molecule has 3 heteroatoms. The summed E-state index contributed by atoms with van der Waals surface area (Å²) in [6.45, 7) is 0.00969. The van der Waals surface area contributed by atoms with E-state index < -0.39 is 5.41 Å². The molecule has 2 aromatic carbocycles. The smallest absolute Gasteiger partial charge is 0.228 e. The summed E-state index contributed by atoms with van der Waals surface area (Å²) in [7, 11) is 0. The second-order valence-electron chi connectivity index (χ2n) is 6.02. The van der Waals surface area contributed by atoms with Crippen LogP contribution < -0.4 is 5.73 Å². The van der Waals surface area contributed by atoms with Gasteiger partial charge in [-0.3, -0.25) is 4.79 Å². The van der Waals surface area contributed by atoms with Crippen molar-refractivity contribution in [3.63, 3.8) is 0 Å². The maximum absolute atomic E-state index is 12.3. The number of aliphatic hydroxyl groups is 1. The van der Waals surface area contributed by atoms with E-state index in [1.807, 2.05) is 30.3 Å². The number of aliphatic hydroxyl groups excluding tert-OH is 1. The van der Waals surface area contributed by atoms with E-state index in [9.17, 15) is 9.90 Å². The van der Waals surface area contributed by atoms with Crippen LogP contribution in [0.15, 0.2) is 42.5 Å². The fourth-order valence-electron chi connectivity index (χ4n) is 3.81. The number of carbonyl (C=O) groups excluding carboxylic acids is 1. The van der Waals surface area contributed by atoms with Gasteiger partial charge in [0.25, 0.3) is 0 Å². The lowest BCUT2D eigenvalue weighted by Gasteiger charge is -2.41. The SMILES string of the molecule is NC(=O)C1(c2ccc3ccccc3c2)CCCCC1CO. The third-order valence-corrected chi connectivity index (χ3v) is 5.00. The average Bonchev–Trinajstić information content (AvgIpc) is 2.54. The number of hydrogen-bond donors (Lipinski definition) is 2. The van der Waals surface area contributed by atoms with Crippen LogP contribution in [0, 0.1) is 5.92 Å². The van der Waals surface area contributed by atoms with Crippen LogP contribution in [-0.2, 0) is 10.2 Å². The summed E-state index contributed by atoms with van der Waals surface area (Å²) in [6.07, 6.45) is 3.61. The molecule has 1 amide bonds. The minimum atomic E-state index is -0.725. The zero-order chi connectivity index (χ0) is 14.9. The number of hydrogen-bond acceptors (Lipinski definition) is 2. The van der Waals surface area contributed by atoms with Crippen LogP contribution in [0.4, 0.5) is 0 Å². The van der Waals surface area contributed by atoms with Crippen molar-refractivity contribution in [2.45, 2.75) is 31.1 Å². The van der Waals surface area contributed by atoms with Crippen molar-refractivity contribution in [2.75, 3.05) is 6.61 Å². The van der Waals surface area contributed by atoms with Gasteiger partial charge in [-0.1, -0.05) is 55.3 Å². The molecule has 0 radical (unpaired) electrons. The van der Waals surface area contributed by atoms with E-state index >= 15 is 0 Å². The Morgan fingerprint density at radius 2 is 1.95 bits per heavy atom. The third-order valence-electron chi connectivity index (χ3n) is 5.00. The quantitative estimate of drug-likeness (QED) is 0.909. The van der Waals surface area contributed by atoms with Crippen LogP contribution >= 0.6 is 0 Å². The molecule has 1 aliphatic carbocycles. The normalized spacial score (nSPS) is 25.9. The molecule has 2 atom stereocenters. The maximum atomic E-state index is 12.3. The number of primary amides is 1. The molecule has 0 aliphatic heterocycles. The summed E-state index contributed by atoms with van der Waals surface area (Å²) in [6, 6.07) is 14.2. The van der Waals surface area contributed by atoms with Crippen LogP contribution in [0.25, 0.3) is 10.8 Å². The maximum Gasteiger partial charge on any atom is 0.228 e. The Morgan fingerprint density at radius 3 is 2.67 bits per heavy atom. The Bertz CT molecular complexity index is 667. The van der Waals surface area contributed by atoms with E-state index in [2.05, 4.69) is 12.1 Å². The molecule has 3 nitrogen and oxygen atoms in total. The Balaban J connectivity index is 2.16. The van der Waals surface area contributed by atoms with Gasteiger partial charge in [0.2, 0.25) is 5.91 Å². The van der Waals surface area contributed by atoms with Crippen molar-refractivity contribution in [1.29, 1.82) is 0 Å². The van der Waals surface area contributed by atoms with Crippen LogP contribution in [0.1, 0.15) is 31.2 Å². The van der Waals surface area contributed by atoms with E-state index in [-0.39, 0.29) is 18.4 Å². The van der Waals surface area contributed by atoms with Crippen molar-refractivity contribution in [3.8, 4) is 0 Å². The zero-order valence-corrected chi connectivity index (χ0v) is 12.1. The minimum Gasteiger partial charge on any atom is -0.396 e. The van der Waals surface area contributed by atoms with E-state index in [1.54, 1.807) is 0 Å². The molecule has 1 aliphatic rings. The Hall–Kier alpha value is -1.87. The van der Waals surface area contributed by atoms with Gasteiger partial charge in [0.15, 0.2) is 0 Å². The first-order chi connectivity index (χ1) is 10.2. The topological polar surface area (TPSA) is 63.3 Å². The van der Waals surface area contributed by atoms with Gasteiger partial charge in [0, 0.05) is 12.5 Å². The first-order valence-electron chi connectivity index (χ1n) is 7.58. The van der Waals surface area contributed by atoms with Gasteiger partial charge in [-0.15, -0.1) is 0 Å². The highest BCUT2D eigenvalue weighted by Gasteiger charge is 2.46. The molecule has 0 aromatic heterocycles. The second-order valence-corrected chi connectivity index (χ2v) is 6.02. The van der Waals surface area contributed by atoms with Gasteiger partial charge in [-0.2, -0.15) is 0 Å². The molecule has 3 N–H and O–H groups in total. The zero-order valence-electron chi connectivity index (χ0n) is 12.1. The number of benzene rings is 2. The second kappa shape index (κ2) is 5.49. The summed E-state index contributed by atoms with van der Waals surface area (Å²) in [4.78, 5) is 12.3. The molecular weight excluding hydrogens is 262 g/mol. The summed E-state index contributed by atoms with van der Waals surface area (Å²) in [5.41, 5.74) is 6.02. The van der Waals surface area contributed by atoms with Crippen LogP contribution in [0.2, 0.25) is 0 Å². The van der Waals surface area contributed by atoms with Crippen molar-refractivity contribution < 1.29 is 9.90 Å². The number of rotatable bonds is 3. The van der Waals surface area contributed by atoms with Crippen molar-refractivity contribution in [1.82, 2.24) is 0 Å². The monoisotopic (exact) mass is 283 g/mol. The highest BCUT2D eigenvalue weighted by Crippen LogP contribution is 2.44. The molecule has 110 valence electrons. The third kappa shape index (κ3) is 2.22. The van der Waals surface area contributed by atoms with Gasteiger partial charge >= 0.3 is 0 Å². The van der Waals surface area contributed by atoms with Crippen LogP contribution in [-0.4, -0.2) is 17.6 Å². The molecule has 1 fully saturated rings. The molecule has 1 saturated carbocycles. The first-order valence-corrected chi connectivity index (χ1v) is 7.58. The fraction of sp³-hybridized carbons (Fsp3) is 0.389. The summed E-state index contributed by atoms with van der Waals surface area (Å²) in [5, 5.41) is 12.0. The number of carbonyl (C=O) groups is 1. The van der Waals surface area contributed by atoms with Crippen LogP contribution in [0.3, 0.4) is 0 Å². The Morgan fingerprint density at radius 1 is 1.19 bits per heavy atom.